The molecule has 0 N–H and O–H groups in total. The fourth-order valence-corrected chi connectivity index (χ4v) is 8.70. The maximum absolute atomic E-state index is 5.37. The van der Waals surface area contributed by atoms with E-state index in [1.54, 1.807) is 0 Å². The first-order valence-corrected chi connectivity index (χ1v) is 18.4. The molecule has 2 nitrogen and oxygen atoms in total. The van der Waals surface area contributed by atoms with Crippen molar-refractivity contribution in [2.75, 3.05) is 4.90 Å². The average molecular weight is 681 g/mol. The Bertz CT molecular complexity index is 2790. The Balaban J connectivity index is 1.15. The van der Waals surface area contributed by atoms with Gasteiger partial charge in [0.05, 0.1) is 11.2 Å². The number of nitrogens with zero attached hydrogens (tertiary/aromatic N) is 2. The van der Waals surface area contributed by atoms with Gasteiger partial charge < -0.3 is 4.90 Å². The predicted molar refractivity (Wildman–Crippen MR) is 223 cm³/mol. The SMILES string of the molecule is c1ccc(-c2ccc(N(c3ccc(-c4ccccc4)cc3)c3cccc(-c4nc5ccccc5c5c4ccc4sc6ccccc6c45)c3)cc2)cc1. The van der Waals surface area contributed by atoms with E-state index in [-0.39, 0.29) is 0 Å². The van der Waals surface area contributed by atoms with Crippen molar-refractivity contribution in [3.8, 4) is 33.5 Å². The fraction of sp³-hybridized carbons (Fsp3) is 0. The lowest BCUT2D eigenvalue weighted by molar-refractivity contribution is 1.28. The second-order valence-corrected chi connectivity index (χ2v) is 14.2. The van der Waals surface area contributed by atoms with Crippen molar-refractivity contribution in [2.24, 2.45) is 0 Å². The monoisotopic (exact) mass is 680 g/mol. The molecule has 10 aromatic rings. The van der Waals surface area contributed by atoms with Crippen LogP contribution in [-0.2, 0) is 0 Å². The third-order valence-corrected chi connectivity index (χ3v) is 11.2. The Morgan fingerprint density at radius 1 is 0.346 bits per heavy atom. The van der Waals surface area contributed by atoms with Gasteiger partial charge in [0.1, 0.15) is 0 Å². The lowest BCUT2D eigenvalue weighted by Crippen LogP contribution is -2.10. The number of anilines is 3. The van der Waals surface area contributed by atoms with Gasteiger partial charge in [-0.3, -0.25) is 0 Å². The fourth-order valence-electron chi connectivity index (χ4n) is 7.58. The van der Waals surface area contributed by atoms with Crippen LogP contribution in [0.3, 0.4) is 0 Å². The summed E-state index contributed by atoms with van der Waals surface area (Å²) in [6.45, 7) is 0. The Morgan fingerprint density at radius 3 is 1.58 bits per heavy atom. The van der Waals surface area contributed by atoms with Crippen LogP contribution in [0.4, 0.5) is 17.1 Å². The standard InChI is InChI=1S/C49H32N2S/c1-3-12-33(13-4-1)35-22-26-38(27-23-35)51(39-28-24-36(25-29-39)34-14-5-2-6-15-34)40-17-11-16-37(32-40)49-43-30-31-46-48(42-19-8-10-21-45(42)52-46)47(43)41-18-7-9-20-44(41)50-49/h1-32H. The Hall–Kier alpha value is -6.55. The van der Waals surface area contributed by atoms with Crippen molar-refractivity contribution >= 4 is 70.2 Å². The van der Waals surface area contributed by atoms with Gasteiger partial charge in [0.2, 0.25) is 0 Å². The molecule has 0 aliphatic heterocycles. The number of rotatable bonds is 6. The van der Waals surface area contributed by atoms with Crippen LogP contribution in [0.5, 0.6) is 0 Å². The van der Waals surface area contributed by atoms with Crippen molar-refractivity contribution in [3.63, 3.8) is 0 Å². The summed E-state index contributed by atoms with van der Waals surface area (Å²) < 4.78 is 2.61. The molecule has 3 heteroatoms. The highest BCUT2D eigenvalue weighted by Gasteiger charge is 2.19. The number of hydrogen-bond donors (Lipinski definition) is 0. The third kappa shape index (κ3) is 5.22. The van der Waals surface area contributed by atoms with E-state index in [0.717, 1.165) is 39.2 Å². The second-order valence-electron chi connectivity index (χ2n) is 13.1. The summed E-state index contributed by atoms with van der Waals surface area (Å²) in [5, 5.41) is 6.23. The average Bonchev–Trinajstić information content (AvgIpc) is 3.61. The van der Waals surface area contributed by atoms with Crippen LogP contribution in [0.15, 0.2) is 194 Å². The normalized spacial score (nSPS) is 11.5. The van der Waals surface area contributed by atoms with Gasteiger partial charge >= 0.3 is 0 Å². The number of thiophene rings is 1. The van der Waals surface area contributed by atoms with E-state index in [9.17, 15) is 0 Å². The van der Waals surface area contributed by atoms with Crippen LogP contribution in [0.1, 0.15) is 0 Å². The first kappa shape index (κ1) is 30.3. The van der Waals surface area contributed by atoms with E-state index < -0.39 is 0 Å². The number of benzene rings is 8. The number of para-hydroxylation sites is 1. The van der Waals surface area contributed by atoms with E-state index in [1.807, 2.05) is 11.3 Å². The molecule has 2 heterocycles. The minimum absolute atomic E-state index is 0.992. The zero-order valence-electron chi connectivity index (χ0n) is 28.3. The van der Waals surface area contributed by atoms with Crippen molar-refractivity contribution in [1.29, 1.82) is 0 Å². The molecule has 0 spiro atoms. The van der Waals surface area contributed by atoms with Crippen molar-refractivity contribution in [1.82, 2.24) is 4.98 Å². The summed E-state index contributed by atoms with van der Waals surface area (Å²) in [7, 11) is 0. The highest BCUT2D eigenvalue weighted by molar-refractivity contribution is 7.26. The van der Waals surface area contributed by atoms with Gasteiger partial charge in [0, 0.05) is 59.0 Å². The molecule has 0 bridgehead atoms. The largest absolute Gasteiger partial charge is 0.310 e. The van der Waals surface area contributed by atoms with E-state index >= 15 is 0 Å². The van der Waals surface area contributed by atoms with Crippen LogP contribution in [-0.4, -0.2) is 4.98 Å². The van der Waals surface area contributed by atoms with Gasteiger partial charge in [0.15, 0.2) is 0 Å². The molecule has 0 atom stereocenters. The minimum Gasteiger partial charge on any atom is -0.310 e. The Labute approximate surface area is 306 Å². The molecule has 0 saturated carbocycles. The van der Waals surface area contributed by atoms with Gasteiger partial charge in [-0.1, -0.05) is 140 Å². The van der Waals surface area contributed by atoms with Crippen LogP contribution in [0.2, 0.25) is 0 Å². The van der Waals surface area contributed by atoms with Gasteiger partial charge in [-0.15, -0.1) is 11.3 Å². The van der Waals surface area contributed by atoms with Crippen molar-refractivity contribution < 1.29 is 0 Å². The smallest absolute Gasteiger partial charge is 0.0789 e. The zero-order valence-corrected chi connectivity index (χ0v) is 29.1. The van der Waals surface area contributed by atoms with Crippen LogP contribution < -0.4 is 4.90 Å². The quantitative estimate of drug-likeness (QED) is 0.163. The molecule has 0 amide bonds. The van der Waals surface area contributed by atoms with E-state index in [4.69, 9.17) is 4.98 Å². The van der Waals surface area contributed by atoms with Crippen LogP contribution in [0, 0.1) is 0 Å². The molecule has 2 aromatic heterocycles. The zero-order chi connectivity index (χ0) is 34.4. The van der Waals surface area contributed by atoms with Crippen LogP contribution >= 0.6 is 11.3 Å². The molecule has 10 rings (SSSR count). The molecule has 0 radical (unpaired) electrons. The highest BCUT2D eigenvalue weighted by Crippen LogP contribution is 2.44. The maximum Gasteiger partial charge on any atom is 0.0789 e. The number of hydrogen-bond acceptors (Lipinski definition) is 3. The van der Waals surface area contributed by atoms with Gasteiger partial charge in [-0.2, -0.15) is 0 Å². The molecule has 0 aliphatic carbocycles. The summed E-state index contributed by atoms with van der Waals surface area (Å²) in [5.74, 6) is 0. The molecule has 0 unspecified atom stereocenters. The van der Waals surface area contributed by atoms with Gasteiger partial charge in [0.25, 0.3) is 0 Å². The van der Waals surface area contributed by atoms with Gasteiger partial charge in [-0.05, 0) is 76.9 Å². The lowest BCUT2D eigenvalue weighted by atomic mass is 9.96. The van der Waals surface area contributed by atoms with Gasteiger partial charge in [-0.25, -0.2) is 4.98 Å². The predicted octanol–water partition coefficient (Wildman–Crippen LogP) is 14.2. The van der Waals surface area contributed by atoms with E-state index in [0.29, 0.717) is 0 Å². The van der Waals surface area contributed by atoms with E-state index in [1.165, 1.54) is 53.2 Å². The summed E-state index contributed by atoms with van der Waals surface area (Å²) in [4.78, 5) is 7.71. The molecule has 0 aliphatic rings. The molecular formula is C49H32N2S. The van der Waals surface area contributed by atoms with Crippen molar-refractivity contribution in [2.45, 2.75) is 0 Å². The maximum atomic E-state index is 5.37. The number of aromatic nitrogens is 1. The molecule has 0 saturated heterocycles. The first-order valence-electron chi connectivity index (χ1n) is 17.6. The Morgan fingerprint density at radius 2 is 0.904 bits per heavy atom. The summed E-state index contributed by atoms with van der Waals surface area (Å²) in [5.41, 5.74) is 11.1. The summed E-state index contributed by atoms with van der Waals surface area (Å²) >= 11 is 1.86. The summed E-state index contributed by atoms with van der Waals surface area (Å²) in [6, 6.07) is 69.6. The Kier molecular flexibility index (Phi) is 7.37. The first-order chi connectivity index (χ1) is 25.8. The highest BCUT2D eigenvalue weighted by atomic mass is 32.1. The molecule has 0 fully saturated rings. The second kappa shape index (κ2) is 12.6. The molecule has 244 valence electrons. The third-order valence-electron chi connectivity index (χ3n) is 10.0. The molecular weight excluding hydrogens is 649 g/mol. The topological polar surface area (TPSA) is 16.1 Å². The van der Waals surface area contributed by atoms with Crippen LogP contribution in [0.25, 0.3) is 75.4 Å². The van der Waals surface area contributed by atoms with Crippen molar-refractivity contribution in [3.05, 3.63) is 194 Å². The summed E-state index contributed by atoms with van der Waals surface area (Å²) in [6.07, 6.45) is 0. The molecule has 52 heavy (non-hydrogen) atoms. The number of fused-ring (bicyclic) bond motifs is 7. The molecule has 8 aromatic carbocycles. The lowest BCUT2D eigenvalue weighted by Gasteiger charge is -2.26. The number of pyridine rings is 1. The van der Waals surface area contributed by atoms with E-state index in [2.05, 4.69) is 199 Å². The minimum atomic E-state index is 0.992.